The van der Waals surface area contributed by atoms with Crippen molar-refractivity contribution < 1.29 is 4.74 Å². The molecule has 1 aromatic carbocycles. The summed E-state index contributed by atoms with van der Waals surface area (Å²) < 4.78 is 6.69. The molecule has 0 radical (unpaired) electrons. The lowest BCUT2D eigenvalue weighted by atomic mass is 10.2. The molecule has 98 valence electrons. The molecule has 0 aliphatic carbocycles. The van der Waals surface area contributed by atoms with Crippen LogP contribution in [0.25, 0.3) is 10.2 Å². The monoisotopic (exact) mass is 264 g/mol. The predicted octanol–water partition coefficient (Wildman–Crippen LogP) is 2.98. The van der Waals surface area contributed by atoms with E-state index in [-0.39, 0.29) is 6.04 Å². The molecule has 0 saturated carbocycles. The summed E-state index contributed by atoms with van der Waals surface area (Å²) in [6, 6.07) is 8.35. The molecule has 2 rings (SSSR count). The van der Waals surface area contributed by atoms with Crippen LogP contribution in [0.1, 0.15) is 24.8 Å². The molecule has 2 aromatic rings. The minimum Gasteiger partial charge on any atom is -0.381 e. The Kier molecular flexibility index (Phi) is 5.11. The molecular weight excluding hydrogens is 244 g/mol. The fourth-order valence-electron chi connectivity index (χ4n) is 1.81. The normalized spacial score (nSPS) is 13.0. The number of rotatable bonds is 7. The maximum absolute atomic E-state index is 6.10. The number of hydrogen-bond donors (Lipinski definition) is 1. The molecule has 0 aliphatic heterocycles. The summed E-state index contributed by atoms with van der Waals surface area (Å²) in [5.41, 5.74) is 7.17. The van der Waals surface area contributed by atoms with Crippen molar-refractivity contribution in [2.45, 2.75) is 32.2 Å². The van der Waals surface area contributed by atoms with Gasteiger partial charge in [-0.3, -0.25) is 0 Å². The van der Waals surface area contributed by atoms with E-state index in [4.69, 9.17) is 10.5 Å². The van der Waals surface area contributed by atoms with Crippen molar-refractivity contribution >= 4 is 21.6 Å². The first kappa shape index (κ1) is 13.5. The van der Waals surface area contributed by atoms with Crippen molar-refractivity contribution in [2.75, 3.05) is 13.2 Å². The van der Waals surface area contributed by atoms with Crippen molar-refractivity contribution in [3.63, 3.8) is 0 Å². The Morgan fingerprint density at radius 1 is 1.33 bits per heavy atom. The molecule has 18 heavy (non-hydrogen) atoms. The highest BCUT2D eigenvalue weighted by Crippen LogP contribution is 2.22. The second-order valence-corrected chi connectivity index (χ2v) is 5.56. The van der Waals surface area contributed by atoms with Crippen LogP contribution in [0.4, 0.5) is 0 Å². The molecule has 3 nitrogen and oxygen atoms in total. The molecule has 1 aromatic heterocycles. The van der Waals surface area contributed by atoms with E-state index in [1.165, 1.54) is 4.70 Å². The average Bonchev–Trinajstić information content (AvgIpc) is 2.76. The van der Waals surface area contributed by atoms with Gasteiger partial charge in [0.25, 0.3) is 0 Å². The zero-order chi connectivity index (χ0) is 12.8. The number of nitrogens with zero attached hydrogens (tertiary/aromatic N) is 1. The van der Waals surface area contributed by atoms with Crippen LogP contribution in [-0.4, -0.2) is 24.2 Å². The molecule has 0 spiro atoms. The van der Waals surface area contributed by atoms with E-state index in [0.717, 1.165) is 43.0 Å². The highest BCUT2D eigenvalue weighted by Gasteiger charge is 2.08. The molecule has 0 bridgehead atoms. The lowest BCUT2D eigenvalue weighted by molar-refractivity contribution is 0.127. The van der Waals surface area contributed by atoms with E-state index < -0.39 is 0 Å². The molecule has 0 aliphatic rings. The fraction of sp³-hybridized carbons (Fsp3) is 0.500. The highest BCUT2D eigenvalue weighted by molar-refractivity contribution is 7.18. The molecule has 0 fully saturated rings. The zero-order valence-electron chi connectivity index (χ0n) is 10.8. The summed E-state index contributed by atoms with van der Waals surface area (Å²) >= 11 is 1.74. The smallest absolute Gasteiger partial charge is 0.0954 e. The van der Waals surface area contributed by atoms with E-state index in [0.29, 0.717) is 0 Å². The third-order valence-electron chi connectivity index (χ3n) is 2.76. The first-order valence-corrected chi connectivity index (χ1v) is 7.29. The molecule has 0 saturated heterocycles. The van der Waals surface area contributed by atoms with E-state index in [9.17, 15) is 0 Å². The number of aromatic nitrogens is 1. The number of hydrogen-bond acceptors (Lipinski definition) is 4. The van der Waals surface area contributed by atoms with E-state index in [1.807, 2.05) is 18.2 Å². The number of benzene rings is 1. The Morgan fingerprint density at radius 2 is 2.17 bits per heavy atom. The van der Waals surface area contributed by atoms with Crippen LogP contribution in [0.3, 0.4) is 0 Å². The zero-order valence-corrected chi connectivity index (χ0v) is 11.6. The summed E-state index contributed by atoms with van der Waals surface area (Å²) in [5.74, 6) is 0. The maximum atomic E-state index is 6.10. The Balaban J connectivity index is 1.84. The van der Waals surface area contributed by atoms with Crippen molar-refractivity contribution in [3.8, 4) is 0 Å². The fourth-order valence-corrected chi connectivity index (χ4v) is 2.87. The number of nitrogens with two attached hydrogens (primary N) is 1. The van der Waals surface area contributed by atoms with Crippen molar-refractivity contribution in [2.24, 2.45) is 5.73 Å². The predicted molar refractivity (Wildman–Crippen MR) is 77.0 cm³/mol. The van der Waals surface area contributed by atoms with Crippen LogP contribution in [0, 0.1) is 0 Å². The van der Waals surface area contributed by atoms with Gasteiger partial charge in [-0.15, -0.1) is 11.3 Å². The summed E-state index contributed by atoms with van der Waals surface area (Å²) in [6.45, 7) is 3.69. The first-order valence-electron chi connectivity index (χ1n) is 6.47. The summed E-state index contributed by atoms with van der Waals surface area (Å²) in [6.07, 6.45) is 2.80. The Bertz CT molecular complexity index is 450. The van der Waals surface area contributed by atoms with Gasteiger partial charge in [0.1, 0.15) is 0 Å². The molecule has 4 heteroatoms. The summed E-state index contributed by atoms with van der Waals surface area (Å²) in [4.78, 5) is 4.59. The number of ether oxygens (including phenoxy) is 1. The Morgan fingerprint density at radius 3 is 2.94 bits per heavy atom. The van der Waals surface area contributed by atoms with Gasteiger partial charge in [-0.1, -0.05) is 19.1 Å². The summed E-state index contributed by atoms with van der Waals surface area (Å²) in [7, 11) is 0. The Labute approximate surface area is 112 Å². The SMILES string of the molecule is CCCOCCC(N)Cc1nc2ccccc2s1. The van der Waals surface area contributed by atoms with Gasteiger partial charge in [0, 0.05) is 25.7 Å². The highest BCUT2D eigenvalue weighted by atomic mass is 32.1. The van der Waals surface area contributed by atoms with Crippen LogP contribution in [0.15, 0.2) is 24.3 Å². The van der Waals surface area contributed by atoms with Crippen LogP contribution in [0.2, 0.25) is 0 Å². The second-order valence-electron chi connectivity index (χ2n) is 4.44. The van der Waals surface area contributed by atoms with Crippen molar-refractivity contribution in [1.82, 2.24) is 4.98 Å². The largest absolute Gasteiger partial charge is 0.381 e. The molecule has 1 heterocycles. The Hall–Kier alpha value is -0.970. The number of fused-ring (bicyclic) bond motifs is 1. The lowest BCUT2D eigenvalue weighted by Gasteiger charge is -2.09. The minimum absolute atomic E-state index is 0.141. The van der Waals surface area contributed by atoms with Gasteiger partial charge < -0.3 is 10.5 Å². The van der Waals surface area contributed by atoms with Gasteiger partial charge >= 0.3 is 0 Å². The molecule has 0 amide bonds. The number of thiazole rings is 1. The van der Waals surface area contributed by atoms with Crippen LogP contribution in [0.5, 0.6) is 0 Å². The third-order valence-corrected chi connectivity index (χ3v) is 3.82. The lowest BCUT2D eigenvalue weighted by Crippen LogP contribution is -2.24. The third kappa shape index (κ3) is 3.77. The molecular formula is C14H20N2OS. The van der Waals surface area contributed by atoms with E-state index in [1.54, 1.807) is 11.3 Å². The summed E-state index contributed by atoms with van der Waals surface area (Å²) in [5, 5.41) is 1.12. The van der Waals surface area contributed by atoms with E-state index in [2.05, 4.69) is 18.0 Å². The van der Waals surface area contributed by atoms with E-state index >= 15 is 0 Å². The average molecular weight is 264 g/mol. The van der Waals surface area contributed by atoms with Crippen molar-refractivity contribution in [3.05, 3.63) is 29.3 Å². The van der Waals surface area contributed by atoms with Crippen LogP contribution >= 0.6 is 11.3 Å². The van der Waals surface area contributed by atoms with Gasteiger partial charge in [0.05, 0.1) is 15.2 Å². The topological polar surface area (TPSA) is 48.1 Å². The van der Waals surface area contributed by atoms with Crippen LogP contribution < -0.4 is 5.73 Å². The molecule has 2 N–H and O–H groups in total. The molecule has 1 unspecified atom stereocenters. The van der Waals surface area contributed by atoms with Crippen LogP contribution in [-0.2, 0) is 11.2 Å². The van der Waals surface area contributed by atoms with Gasteiger partial charge in [0.2, 0.25) is 0 Å². The maximum Gasteiger partial charge on any atom is 0.0954 e. The molecule has 1 atom stereocenters. The minimum atomic E-state index is 0.141. The van der Waals surface area contributed by atoms with Crippen molar-refractivity contribution in [1.29, 1.82) is 0 Å². The first-order chi connectivity index (χ1) is 8.79. The van der Waals surface area contributed by atoms with Gasteiger partial charge in [-0.25, -0.2) is 4.98 Å². The quantitative estimate of drug-likeness (QED) is 0.782. The van der Waals surface area contributed by atoms with Gasteiger partial charge in [-0.05, 0) is 25.0 Å². The van der Waals surface area contributed by atoms with Gasteiger partial charge in [0.15, 0.2) is 0 Å². The standard InChI is InChI=1S/C14H20N2OS/c1-2-8-17-9-7-11(15)10-14-16-12-5-3-4-6-13(12)18-14/h3-6,11H,2,7-10,15H2,1H3. The number of para-hydroxylation sites is 1. The second kappa shape index (κ2) is 6.83. The van der Waals surface area contributed by atoms with Gasteiger partial charge in [-0.2, -0.15) is 0 Å².